The van der Waals surface area contributed by atoms with Gasteiger partial charge in [0.1, 0.15) is 0 Å². The maximum absolute atomic E-state index is 13.0. The van der Waals surface area contributed by atoms with E-state index >= 15 is 0 Å². The molecule has 7 heteroatoms. The van der Waals surface area contributed by atoms with Crippen molar-refractivity contribution in [3.8, 4) is 0 Å². The van der Waals surface area contributed by atoms with Gasteiger partial charge < -0.3 is 9.14 Å². The summed E-state index contributed by atoms with van der Waals surface area (Å²) in [5, 5.41) is 11.0. The lowest BCUT2D eigenvalue weighted by Gasteiger charge is -2.03. The van der Waals surface area contributed by atoms with Gasteiger partial charge in [0.2, 0.25) is 5.78 Å². The van der Waals surface area contributed by atoms with Crippen molar-refractivity contribution in [3.05, 3.63) is 81.7 Å². The van der Waals surface area contributed by atoms with E-state index in [1.54, 1.807) is 29.7 Å². The first-order valence-corrected chi connectivity index (χ1v) is 9.05. The molecule has 2 aromatic heterocycles. The molecule has 0 saturated carbocycles. The molecule has 28 heavy (non-hydrogen) atoms. The third-order valence-corrected chi connectivity index (χ3v) is 4.44. The van der Waals surface area contributed by atoms with Crippen molar-refractivity contribution >= 4 is 23.0 Å². The van der Waals surface area contributed by atoms with Crippen molar-refractivity contribution in [2.75, 3.05) is 6.61 Å². The number of fused-ring (bicyclic) bond motifs is 1. The summed E-state index contributed by atoms with van der Waals surface area (Å²) in [4.78, 5) is 35.0. The van der Waals surface area contributed by atoms with E-state index in [0.29, 0.717) is 31.6 Å². The smallest absolute Gasteiger partial charge is 0.305 e. The number of esters is 1. The number of pyridine rings is 1. The van der Waals surface area contributed by atoms with E-state index in [2.05, 4.69) is 0 Å². The minimum absolute atomic E-state index is 0.124. The van der Waals surface area contributed by atoms with Crippen molar-refractivity contribution in [1.29, 1.82) is 0 Å². The zero-order valence-electron chi connectivity index (χ0n) is 15.5. The van der Waals surface area contributed by atoms with E-state index in [4.69, 9.17) is 4.74 Å². The zero-order valence-corrected chi connectivity index (χ0v) is 15.5. The molecule has 0 unspecified atom stereocenters. The Morgan fingerprint density at radius 3 is 2.71 bits per heavy atom. The maximum Gasteiger partial charge on any atom is 0.305 e. The molecule has 0 fully saturated rings. The van der Waals surface area contributed by atoms with Crippen LogP contribution in [0.4, 0.5) is 5.69 Å². The topological polar surface area (TPSA) is 90.9 Å². The summed E-state index contributed by atoms with van der Waals surface area (Å²) in [6, 6.07) is 13.1. The van der Waals surface area contributed by atoms with Gasteiger partial charge in [0.15, 0.2) is 0 Å². The Hall–Kier alpha value is -3.48. The minimum atomic E-state index is -0.520. The fourth-order valence-electron chi connectivity index (χ4n) is 3.16. The van der Waals surface area contributed by atoms with E-state index in [1.165, 1.54) is 18.2 Å². The molecule has 0 spiro atoms. The van der Waals surface area contributed by atoms with Gasteiger partial charge in [-0.3, -0.25) is 19.7 Å². The molecule has 3 aromatic rings. The molecule has 0 aliphatic rings. The highest BCUT2D eigenvalue weighted by Gasteiger charge is 2.19. The van der Waals surface area contributed by atoms with E-state index < -0.39 is 4.92 Å². The predicted molar refractivity (Wildman–Crippen MR) is 103 cm³/mol. The number of hydrogen-bond acceptors (Lipinski definition) is 5. The Morgan fingerprint density at radius 2 is 1.96 bits per heavy atom. The molecule has 0 radical (unpaired) electrons. The number of non-ortho nitro benzene ring substituents is 1. The summed E-state index contributed by atoms with van der Waals surface area (Å²) in [6.07, 6.45) is 3.33. The Labute approximate surface area is 161 Å². The zero-order chi connectivity index (χ0) is 20.1. The molecule has 0 atom stereocenters. The Morgan fingerprint density at radius 1 is 1.14 bits per heavy atom. The number of benzene rings is 1. The quantitative estimate of drug-likeness (QED) is 0.255. The first-order valence-electron chi connectivity index (χ1n) is 9.05. The van der Waals surface area contributed by atoms with Crippen LogP contribution in [0.2, 0.25) is 0 Å². The lowest BCUT2D eigenvalue weighted by atomic mass is 10.1. The largest absolute Gasteiger partial charge is 0.466 e. The van der Waals surface area contributed by atoms with Crippen molar-refractivity contribution in [2.24, 2.45) is 0 Å². The van der Waals surface area contributed by atoms with Crippen molar-refractivity contribution < 1.29 is 19.2 Å². The van der Waals surface area contributed by atoms with Crippen LogP contribution in [0.25, 0.3) is 5.52 Å². The summed E-state index contributed by atoms with van der Waals surface area (Å²) in [7, 11) is 0. The second-order valence-corrected chi connectivity index (χ2v) is 6.31. The number of ether oxygens (including phenoxy) is 1. The predicted octanol–water partition coefficient (Wildman–Crippen LogP) is 3.96. The monoisotopic (exact) mass is 380 g/mol. The summed E-state index contributed by atoms with van der Waals surface area (Å²) in [6.45, 7) is 2.13. The summed E-state index contributed by atoms with van der Waals surface area (Å²) >= 11 is 0. The van der Waals surface area contributed by atoms with Crippen molar-refractivity contribution in [2.45, 2.75) is 26.2 Å². The fourth-order valence-corrected chi connectivity index (χ4v) is 3.16. The van der Waals surface area contributed by atoms with Crippen LogP contribution in [0, 0.1) is 10.1 Å². The maximum atomic E-state index is 13.0. The molecule has 1 aromatic carbocycles. The molecule has 3 rings (SSSR count). The number of nitro groups is 1. The third-order valence-electron chi connectivity index (χ3n) is 4.44. The molecule has 7 nitrogen and oxygen atoms in total. The number of nitrogens with zero attached hydrogens (tertiary/aromatic N) is 2. The van der Waals surface area contributed by atoms with Crippen LogP contribution >= 0.6 is 0 Å². The molecule has 0 saturated heterocycles. The van der Waals surface area contributed by atoms with Gasteiger partial charge in [-0.15, -0.1) is 0 Å². The number of rotatable bonds is 8. The number of hydrogen-bond donors (Lipinski definition) is 0. The van der Waals surface area contributed by atoms with Gasteiger partial charge in [-0.2, -0.15) is 0 Å². The molecule has 0 amide bonds. The van der Waals surface area contributed by atoms with E-state index in [9.17, 15) is 19.7 Å². The second-order valence-electron chi connectivity index (χ2n) is 6.31. The van der Waals surface area contributed by atoms with Crippen LogP contribution in [-0.2, 0) is 16.0 Å². The summed E-state index contributed by atoms with van der Waals surface area (Å²) in [5.41, 5.74) is 2.39. The van der Waals surface area contributed by atoms with E-state index in [0.717, 1.165) is 11.1 Å². The van der Waals surface area contributed by atoms with Crippen LogP contribution in [0.1, 0.15) is 41.4 Å². The summed E-state index contributed by atoms with van der Waals surface area (Å²) < 4.78 is 6.72. The van der Waals surface area contributed by atoms with E-state index in [1.807, 2.05) is 18.2 Å². The lowest BCUT2D eigenvalue weighted by molar-refractivity contribution is -0.384. The number of carbonyl (C=O) groups is 2. The van der Waals surface area contributed by atoms with Crippen LogP contribution in [0.5, 0.6) is 0 Å². The molecular weight excluding hydrogens is 360 g/mol. The van der Waals surface area contributed by atoms with Crippen molar-refractivity contribution in [3.63, 3.8) is 0 Å². The molecule has 2 heterocycles. The van der Waals surface area contributed by atoms with Crippen molar-refractivity contribution in [1.82, 2.24) is 4.40 Å². The molecule has 0 aliphatic heterocycles. The molecule has 0 N–H and O–H groups in total. The number of carbonyl (C=O) groups excluding carboxylic acids is 2. The van der Waals surface area contributed by atoms with Gasteiger partial charge in [-0.25, -0.2) is 0 Å². The standard InChI is InChI=1S/C21H20N2O5/c1-2-28-20(24)11-6-7-15-14-19(22-12-4-3-10-18(15)22)21(25)16-8-5-9-17(13-16)23(26)27/h3-5,8-10,12-14H,2,6-7,11H2,1H3. The van der Waals surface area contributed by atoms with Gasteiger partial charge >= 0.3 is 5.97 Å². The van der Waals surface area contributed by atoms with Gasteiger partial charge in [-0.05, 0) is 43.5 Å². The molecule has 0 bridgehead atoms. The average Bonchev–Trinajstić information content (AvgIpc) is 3.06. The fraction of sp³-hybridized carbons (Fsp3) is 0.238. The van der Waals surface area contributed by atoms with Crippen LogP contribution < -0.4 is 0 Å². The van der Waals surface area contributed by atoms with Crippen LogP contribution in [-0.4, -0.2) is 27.7 Å². The highest BCUT2D eigenvalue weighted by molar-refractivity contribution is 6.09. The number of ketones is 1. The van der Waals surface area contributed by atoms with E-state index in [-0.39, 0.29) is 23.0 Å². The van der Waals surface area contributed by atoms with Crippen LogP contribution in [0.3, 0.4) is 0 Å². The van der Waals surface area contributed by atoms with Gasteiger partial charge in [0, 0.05) is 35.8 Å². The summed E-state index contributed by atoms with van der Waals surface area (Å²) in [5.74, 6) is -0.527. The lowest BCUT2D eigenvalue weighted by Crippen LogP contribution is -2.05. The Balaban J connectivity index is 1.89. The highest BCUT2D eigenvalue weighted by Crippen LogP contribution is 2.23. The first-order chi connectivity index (χ1) is 13.5. The molecular formula is C21H20N2O5. The molecule has 0 aliphatic carbocycles. The van der Waals surface area contributed by atoms with Gasteiger partial charge in [0.05, 0.1) is 17.2 Å². The minimum Gasteiger partial charge on any atom is -0.466 e. The Kier molecular flexibility index (Phi) is 5.84. The highest BCUT2D eigenvalue weighted by atomic mass is 16.6. The third kappa shape index (κ3) is 4.09. The van der Waals surface area contributed by atoms with Gasteiger partial charge in [-0.1, -0.05) is 18.2 Å². The number of aromatic nitrogens is 1. The SMILES string of the molecule is CCOC(=O)CCCc1cc(C(=O)c2cccc([N+](=O)[O-])c2)n2ccccc12. The average molecular weight is 380 g/mol. The normalized spacial score (nSPS) is 10.8. The Bertz CT molecular complexity index is 1040. The second kappa shape index (κ2) is 8.47. The first kappa shape index (κ1) is 19.3. The number of aryl methyl sites for hydroxylation is 1. The van der Waals surface area contributed by atoms with Gasteiger partial charge in [0.25, 0.3) is 5.69 Å². The molecule has 144 valence electrons. The van der Waals surface area contributed by atoms with Crippen LogP contribution in [0.15, 0.2) is 54.7 Å². The number of nitro benzene ring substituents is 1.